The number of para-hydroxylation sites is 1. The lowest BCUT2D eigenvalue weighted by Gasteiger charge is -2.11. The first-order chi connectivity index (χ1) is 10.9. The average molecular weight is 337 g/mol. The summed E-state index contributed by atoms with van der Waals surface area (Å²) in [5.74, 6) is -0.267. The number of phenolic OH excluding ortho intramolecular Hbond substituents is 1. The van der Waals surface area contributed by atoms with Crippen LogP contribution in [0.4, 0.5) is 8.78 Å². The van der Waals surface area contributed by atoms with E-state index in [9.17, 15) is 18.7 Å². The van der Waals surface area contributed by atoms with Crippen molar-refractivity contribution in [2.75, 3.05) is 0 Å². The van der Waals surface area contributed by atoms with E-state index in [-0.39, 0.29) is 49.6 Å². The van der Waals surface area contributed by atoms with Gasteiger partial charge in [0, 0.05) is 11.6 Å². The van der Waals surface area contributed by atoms with Crippen molar-refractivity contribution in [3.8, 4) is 17.1 Å². The molecule has 0 unspecified atom stereocenters. The van der Waals surface area contributed by atoms with Gasteiger partial charge in [-0.25, -0.2) is 8.78 Å². The van der Waals surface area contributed by atoms with Crippen molar-refractivity contribution in [3.05, 3.63) is 62.8 Å². The molecule has 0 amide bonds. The third-order valence-corrected chi connectivity index (χ3v) is 3.89. The lowest BCUT2D eigenvalue weighted by molar-refractivity contribution is 0.150. The molecule has 6 heteroatoms. The van der Waals surface area contributed by atoms with Crippen molar-refractivity contribution >= 4 is 22.6 Å². The molecule has 0 aliphatic rings. The van der Waals surface area contributed by atoms with Crippen molar-refractivity contribution < 1.29 is 18.3 Å². The van der Waals surface area contributed by atoms with Crippen LogP contribution in [0.1, 0.15) is 17.6 Å². The molecular formula is C17H11ClF2O3. The first-order valence-corrected chi connectivity index (χ1v) is 7.10. The predicted octanol–water partition coefficient (Wildman–Crippen LogP) is 5.07. The van der Waals surface area contributed by atoms with Crippen molar-refractivity contribution in [2.45, 2.75) is 13.3 Å². The van der Waals surface area contributed by atoms with Gasteiger partial charge in [-0.2, -0.15) is 0 Å². The Morgan fingerprint density at radius 2 is 1.96 bits per heavy atom. The molecule has 0 aliphatic heterocycles. The van der Waals surface area contributed by atoms with E-state index in [0.717, 1.165) is 12.1 Å². The van der Waals surface area contributed by atoms with E-state index in [1.807, 2.05) is 0 Å². The largest absolute Gasteiger partial charge is 0.507 e. The second-order valence-corrected chi connectivity index (χ2v) is 5.53. The number of hydrogen-bond acceptors (Lipinski definition) is 3. The van der Waals surface area contributed by atoms with Gasteiger partial charge in [-0.3, -0.25) is 4.79 Å². The van der Waals surface area contributed by atoms with Crippen LogP contribution >= 0.6 is 11.6 Å². The van der Waals surface area contributed by atoms with E-state index in [1.165, 1.54) is 13.0 Å². The topological polar surface area (TPSA) is 50.4 Å². The molecule has 3 rings (SSSR count). The minimum absolute atomic E-state index is 0.0184. The second-order valence-electron chi connectivity index (χ2n) is 5.12. The number of aryl methyl sites for hydroxylation is 1. The fourth-order valence-corrected chi connectivity index (χ4v) is 2.63. The van der Waals surface area contributed by atoms with Crippen LogP contribution < -0.4 is 5.43 Å². The van der Waals surface area contributed by atoms with E-state index in [1.54, 1.807) is 18.2 Å². The number of alkyl halides is 2. The third kappa shape index (κ3) is 2.68. The zero-order chi connectivity index (χ0) is 16.7. The zero-order valence-corrected chi connectivity index (χ0v) is 12.7. The van der Waals surface area contributed by atoms with Gasteiger partial charge in [0.1, 0.15) is 11.5 Å². The lowest BCUT2D eigenvalue weighted by atomic mass is 10.0. The van der Waals surface area contributed by atoms with Crippen molar-refractivity contribution in [1.29, 1.82) is 0 Å². The highest BCUT2D eigenvalue weighted by atomic mass is 35.5. The van der Waals surface area contributed by atoms with Gasteiger partial charge in [0.05, 0.1) is 16.0 Å². The van der Waals surface area contributed by atoms with Crippen molar-refractivity contribution in [2.24, 2.45) is 0 Å². The SMILES string of the molecule is Cc1cc(O)c(-c2cc(=O)c3cccc(Cl)c3o2)cc1C(F)F. The predicted molar refractivity (Wildman–Crippen MR) is 84.3 cm³/mol. The van der Waals surface area contributed by atoms with Gasteiger partial charge < -0.3 is 9.52 Å². The van der Waals surface area contributed by atoms with Crippen molar-refractivity contribution in [1.82, 2.24) is 0 Å². The Labute approximate surface area is 134 Å². The van der Waals surface area contributed by atoms with Crippen LogP contribution in [0.25, 0.3) is 22.3 Å². The average Bonchev–Trinajstić information content (AvgIpc) is 2.48. The number of benzene rings is 2. The highest BCUT2D eigenvalue weighted by Gasteiger charge is 2.18. The fraction of sp³-hybridized carbons (Fsp3) is 0.118. The lowest BCUT2D eigenvalue weighted by Crippen LogP contribution is -2.01. The maximum Gasteiger partial charge on any atom is 0.264 e. The van der Waals surface area contributed by atoms with Gasteiger partial charge in [0.15, 0.2) is 11.0 Å². The summed E-state index contributed by atoms with van der Waals surface area (Å²) in [5.41, 5.74) is -0.190. The Morgan fingerprint density at radius 3 is 2.65 bits per heavy atom. The minimum atomic E-state index is -2.70. The van der Waals surface area contributed by atoms with Crippen LogP contribution in [0.2, 0.25) is 5.02 Å². The summed E-state index contributed by atoms with van der Waals surface area (Å²) in [5, 5.41) is 10.5. The Morgan fingerprint density at radius 1 is 1.22 bits per heavy atom. The van der Waals surface area contributed by atoms with Crippen LogP contribution in [0, 0.1) is 6.92 Å². The van der Waals surface area contributed by atoms with E-state index in [0.29, 0.717) is 0 Å². The van der Waals surface area contributed by atoms with E-state index in [4.69, 9.17) is 16.0 Å². The monoisotopic (exact) mass is 336 g/mol. The fourth-order valence-electron chi connectivity index (χ4n) is 2.42. The number of phenols is 1. The van der Waals surface area contributed by atoms with E-state index in [2.05, 4.69) is 0 Å². The molecular weight excluding hydrogens is 326 g/mol. The van der Waals surface area contributed by atoms with Crippen LogP contribution in [-0.2, 0) is 0 Å². The number of aromatic hydroxyl groups is 1. The van der Waals surface area contributed by atoms with Gasteiger partial charge >= 0.3 is 0 Å². The maximum atomic E-state index is 13.1. The van der Waals surface area contributed by atoms with Gasteiger partial charge in [-0.1, -0.05) is 17.7 Å². The van der Waals surface area contributed by atoms with Crippen LogP contribution in [0.5, 0.6) is 5.75 Å². The summed E-state index contributed by atoms with van der Waals surface area (Å²) in [4.78, 5) is 12.2. The molecule has 0 saturated heterocycles. The van der Waals surface area contributed by atoms with Gasteiger partial charge in [0.25, 0.3) is 6.43 Å². The molecule has 1 heterocycles. The Hall–Kier alpha value is -2.40. The van der Waals surface area contributed by atoms with Crippen LogP contribution in [-0.4, -0.2) is 5.11 Å². The highest BCUT2D eigenvalue weighted by Crippen LogP contribution is 2.36. The summed E-state index contributed by atoms with van der Waals surface area (Å²) in [6.45, 7) is 1.47. The third-order valence-electron chi connectivity index (χ3n) is 3.59. The standard InChI is InChI=1S/C17H11ClF2O3/c1-8-5-13(21)11(6-10(8)17(19)20)15-7-14(22)9-3-2-4-12(18)16(9)23-15/h2-7,17,21H,1H3. The molecule has 1 aromatic heterocycles. The molecule has 0 aliphatic carbocycles. The molecule has 0 atom stereocenters. The first-order valence-electron chi connectivity index (χ1n) is 6.73. The van der Waals surface area contributed by atoms with Gasteiger partial charge in [0.2, 0.25) is 0 Å². The molecule has 1 N–H and O–H groups in total. The summed E-state index contributed by atoms with van der Waals surface area (Å²) in [6.07, 6.45) is -2.70. The molecule has 118 valence electrons. The molecule has 0 radical (unpaired) electrons. The van der Waals surface area contributed by atoms with Crippen LogP contribution in [0.15, 0.2) is 45.6 Å². The molecule has 0 fully saturated rings. The summed E-state index contributed by atoms with van der Waals surface area (Å²) in [7, 11) is 0. The number of halogens is 3. The Balaban J connectivity index is 2.31. The smallest absolute Gasteiger partial charge is 0.264 e. The van der Waals surface area contributed by atoms with E-state index >= 15 is 0 Å². The number of hydrogen-bond donors (Lipinski definition) is 1. The summed E-state index contributed by atoms with van der Waals surface area (Å²) < 4.78 is 31.7. The number of rotatable bonds is 2. The van der Waals surface area contributed by atoms with Gasteiger partial charge in [-0.15, -0.1) is 0 Å². The molecule has 0 saturated carbocycles. The second kappa shape index (κ2) is 5.66. The number of fused-ring (bicyclic) bond motifs is 1. The molecule has 3 nitrogen and oxygen atoms in total. The van der Waals surface area contributed by atoms with Crippen LogP contribution in [0.3, 0.4) is 0 Å². The van der Waals surface area contributed by atoms with Crippen molar-refractivity contribution in [3.63, 3.8) is 0 Å². The summed E-state index contributed by atoms with van der Waals surface area (Å²) >= 11 is 6.02. The highest BCUT2D eigenvalue weighted by molar-refractivity contribution is 6.34. The minimum Gasteiger partial charge on any atom is -0.507 e. The molecule has 2 aromatic carbocycles. The molecule has 0 spiro atoms. The Kier molecular flexibility index (Phi) is 3.82. The quantitative estimate of drug-likeness (QED) is 0.711. The molecule has 23 heavy (non-hydrogen) atoms. The zero-order valence-electron chi connectivity index (χ0n) is 11.9. The molecule has 3 aromatic rings. The molecule has 0 bridgehead atoms. The normalized spacial score (nSPS) is 11.3. The summed E-state index contributed by atoms with van der Waals surface area (Å²) in [6, 6.07) is 8.20. The van der Waals surface area contributed by atoms with Gasteiger partial charge in [-0.05, 0) is 36.8 Å². The Bertz CT molecular complexity index is 964. The van der Waals surface area contributed by atoms with E-state index < -0.39 is 6.43 Å². The first kappa shape index (κ1) is 15.5. The maximum absolute atomic E-state index is 13.1.